The third-order valence-electron chi connectivity index (χ3n) is 1.16. The minimum atomic E-state index is 0. The molecule has 1 aromatic heterocycles. The van der Waals surface area contributed by atoms with Crippen molar-refractivity contribution in [3.05, 3.63) is 29.8 Å². The van der Waals surface area contributed by atoms with E-state index in [9.17, 15) is 0 Å². The van der Waals surface area contributed by atoms with Crippen LogP contribution in [0.4, 0.5) is 0 Å². The summed E-state index contributed by atoms with van der Waals surface area (Å²) in [4.78, 5) is 4.08. The van der Waals surface area contributed by atoms with Crippen LogP contribution in [-0.4, -0.2) is 4.98 Å². The van der Waals surface area contributed by atoms with Gasteiger partial charge in [-0.15, -0.1) is 0 Å². The van der Waals surface area contributed by atoms with Gasteiger partial charge in [-0.1, -0.05) is 4.70 Å². The Morgan fingerprint density at radius 3 is 3.20 bits per heavy atom. The second-order valence-corrected chi connectivity index (χ2v) is 2.62. The average molecular weight is 185 g/mol. The van der Waals surface area contributed by atoms with E-state index in [1.165, 1.54) is 4.70 Å². The Bertz CT molecular complexity index is 288. The molecule has 1 radical (unpaired) electrons. The third-order valence-corrected chi connectivity index (χ3v) is 1.95. The minimum absolute atomic E-state index is 0. The number of benzene rings is 1. The molecule has 1 heterocycles. The van der Waals surface area contributed by atoms with Crippen molar-refractivity contribution >= 4 is 21.6 Å². The summed E-state index contributed by atoms with van der Waals surface area (Å²) in [6.45, 7) is 0. The Morgan fingerprint density at radius 1 is 1.50 bits per heavy atom. The standard InChI is InChI=1S/C7H4NS.V/c1-2-4-7-6(3-1)8-5-9-7;/h1-2,4-5H;/q-1;. The van der Waals surface area contributed by atoms with Gasteiger partial charge in [-0.2, -0.15) is 35.6 Å². The molecule has 0 aliphatic rings. The molecule has 0 aliphatic carbocycles. The average Bonchev–Trinajstić information content (AvgIpc) is 2.33. The zero-order valence-corrected chi connectivity index (χ0v) is 7.33. The van der Waals surface area contributed by atoms with E-state index >= 15 is 0 Å². The number of hydrogen-bond acceptors (Lipinski definition) is 2. The zero-order chi connectivity index (χ0) is 6.10. The van der Waals surface area contributed by atoms with E-state index in [1.807, 2.05) is 23.7 Å². The smallest absolute Gasteiger partial charge is 0.0657 e. The van der Waals surface area contributed by atoms with Crippen molar-refractivity contribution in [2.24, 2.45) is 0 Å². The first-order chi connectivity index (χ1) is 4.47. The van der Waals surface area contributed by atoms with Gasteiger partial charge in [-0.3, -0.25) is 4.98 Å². The van der Waals surface area contributed by atoms with Crippen LogP contribution in [0.1, 0.15) is 0 Å². The summed E-state index contributed by atoms with van der Waals surface area (Å²) in [7, 11) is 0. The summed E-state index contributed by atoms with van der Waals surface area (Å²) in [5, 5.41) is 0. The van der Waals surface area contributed by atoms with Crippen molar-refractivity contribution in [2.75, 3.05) is 0 Å². The molecule has 0 unspecified atom stereocenters. The third kappa shape index (κ3) is 1.24. The quantitative estimate of drug-likeness (QED) is 0.572. The van der Waals surface area contributed by atoms with Gasteiger partial charge in [0.15, 0.2) is 0 Å². The topological polar surface area (TPSA) is 12.9 Å². The Hall–Kier alpha value is -0.306. The molecule has 2 aromatic rings. The van der Waals surface area contributed by atoms with Crippen LogP contribution in [0.5, 0.6) is 0 Å². The van der Waals surface area contributed by atoms with Gasteiger partial charge in [0, 0.05) is 18.6 Å². The Balaban J connectivity index is 0.000000500. The first-order valence-electron chi connectivity index (χ1n) is 2.67. The summed E-state index contributed by atoms with van der Waals surface area (Å²) in [5.41, 5.74) is 2.81. The number of aromatic nitrogens is 1. The van der Waals surface area contributed by atoms with Crippen molar-refractivity contribution in [3.63, 3.8) is 0 Å². The molecule has 1 nitrogen and oxygen atoms in total. The van der Waals surface area contributed by atoms with E-state index in [2.05, 4.69) is 11.1 Å². The Morgan fingerprint density at radius 2 is 2.40 bits per heavy atom. The van der Waals surface area contributed by atoms with E-state index in [0.29, 0.717) is 0 Å². The molecule has 49 valence electrons. The van der Waals surface area contributed by atoms with Crippen molar-refractivity contribution in [3.8, 4) is 0 Å². The molecule has 0 atom stereocenters. The van der Waals surface area contributed by atoms with Crippen LogP contribution < -0.4 is 0 Å². The molecule has 0 N–H and O–H groups in total. The normalized spacial score (nSPS) is 9.20. The van der Waals surface area contributed by atoms with Gasteiger partial charge >= 0.3 is 0 Å². The SMILES string of the molecule is [V].[c-]1cccc2scnc12. The number of fused-ring (bicyclic) bond motifs is 1. The van der Waals surface area contributed by atoms with Crippen LogP contribution in [-0.2, 0) is 18.6 Å². The molecule has 3 heteroatoms. The van der Waals surface area contributed by atoms with E-state index in [-0.39, 0.29) is 18.6 Å². The van der Waals surface area contributed by atoms with Crippen molar-refractivity contribution in [1.29, 1.82) is 0 Å². The van der Waals surface area contributed by atoms with Crippen molar-refractivity contribution in [2.45, 2.75) is 0 Å². The first kappa shape index (κ1) is 7.80. The monoisotopic (exact) mass is 185 g/mol. The fourth-order valence-electron chi connectivity index (χ4n) is 0.744. The van der Waals surface area contributed by atoms with Gasteiger partial charge in [0.25, 0.3) is 0 Å². The summed E-state index contributed by atoms with van der Waals surface area (Å²) in [6, 6.07) is 8.93. The van der Waals surface area contributed by atoms with Gasteiger partial charge in [-0.05, 0) is 5.52 Å². The predicted molar refractivity (Wildman–Crippen MR) is 38.5 cm³/mol. The Kier molecular flexibility index (Phi) is 2.49. The zero-order valence-electron chi connectivity index (χ0n) is 5.11. The molecule has 10 heavy (non-hydrogen) atoms. The summed E-state index contributed by atoms with van der Waals surface area (Å²) >= 11 is 1.64. The van der Waals surface area contributed by atoms with Gasteiger partial charge in [0.1, 0.15) is 0 Å². The fourth-order valence-corrected chi connectivity index (χ4v) is 1.40. The van der Waals surface area contributed by atoms with E-state index in [4.69, 9.17) is 0 Å². The van der Waals surface area contributed by atoms with Crippen molar-refractivity contribution < 1.29 is 18.6 Å². The van der Waals surface area contributed by atoms with Crippen LogP contribution in [0.2, 0.25) is 0 Å². The van der Waals surface area contributed by atoms with Crippen LogP contribution in [0.3, 0.4) is 0 Å². The number of hydrogen-bond donors (Lipinski definition) is 0. The molecule has 0 fully saturated rings. The van der Waals surface area contributed by atoms with E-state index < -0.39 is 0 Å². The first-order valence-corrected chi connectivity index (χ1v) is 3.55. The molecule has 0 amide bonds. The van der Waals surface area contributed by atoms with Crippen LogP contribution in [0.15, 0.2) is 23.7 Å². The predicted octanol–water partition coefficient (Wildman–Crippen LogP) is 2.09. The van der Waals surface area contributed by atoms with Crippen LogP contribution >= 0.6 is 11.3 Å². The maximum absolute atomic E-state index is 4.08. The molecule has 0 saturated carbocycles. The molecular formula is C7H4NSV-. The Labute approximate surface area is 75.0 Å². The van der Waals surface area contributed by atoms with E-state index in [1.54, 1.807) is 11.3 Å². The number of thiazole rings is 1. The number of rotatable bonds is 0. The van der Waals surface area contributed by atoms with E-state index in [0.717, 1.165) is 5.52 Å². The van der Waals surface area contributed by atoms with Crippen LogP contribution in [0, 0.1) is 6.07 Å². The van der Waals surface area contributed by atoms with Gasteiger partial charge in [0.2, 0.25) is 0 Å². The fraction of sp³-hybridized carbons (Fsp3) is 0. The second-order valence-electron chi connectivity index (χ2n) is 1.74. The molecule has 0 aliphatic heterocycles. The van der Waals surface area contributed by atoms with Gasteiger partial charge in [0.05, 0.1) is 5.51 Å². The molecular weight excluding hydrogens is 181 g/mol. The molecule has 0 saturated heterocycles. The maximum atomic E-state index is 4.08. The number of para-hydroxylation sites is 1. The molecule has 0 spiro atoms. The second kappa shape index (κ2) is 3.19. The summed E-state index contributed by atoms with van der Waals surface area (Å²) in [6.07, 6.45) is 0. The molecule has 2 rings (SSSR count). The molecule has 0 bridgehead atoms. The largest absolute Gasteiger partial charge is 0.272 e. The van der Waals surface area contributed by atoms with Crippen LogP contribution in [0.25, 0.3) is 10.2 Å². The van der Waals surface area contributed by atoms with Gasteiger partial charge in [-0.25, -0.2) is 0 Å². The molecule has 1 aromatic carbocycles. The summed E-state index contributed by atoms with van der Waals surface area (Å²) in [5.74, 6) is 0. The maximum Gasteiger partial charge on any atom is 0.0657 e. The minimum Gasteiger partial charge on any atom is -0.272 e. The van der Waals surface area contributed by atoms with Gasteiger partial charge < -0.3 is 0 Å². The summed E-state index contributed by atoms with van der Waals surface area (Å²) < 4.78 is 1.21. The van der Waals surface area contributed by atoms with Crippen molar-refractivity contribution in [1.82, 2.24) is 4.98 Å². The number of nitrogens with zero attached hydrogens (tertiary/aromatic N) is 1.